The van der Waals surface area contributed by atoms with Crippen LogP contribution in [0.3, 0.4) is 0 Å². The lowest BCUT2D eigenvalue weighted by Crippen LogP contribution is -2.07. The third-order valence-corrected chi connectivity index (χ3v) is 3.23. The Morgan fingerprint density at radius 1 is 1.17 bits per heavy atom. The zero-order valence-electron chi connectivity index (χ0n) is 12.5. The Hall–Kier alpha value is -3.21. The number of anilines is 2. The van der Waals surface area contributed by atoms with Crippen LogP contribution in [0.2, 0.25) is 0 Å². The molecule has 0 bridgehead atoms. The van der Waals surface area contributed by atoms with E-state index >= 15 is 0 Å². The fourth-order valence-corrected chi connectivity index (χ4v) is 2.14. The van der Waals surface area contributed by atoms with E-state index in [4.69, 9.17) is 5.41 Å². The van der Waals surface area contributed by atoms with Crippen LogP contribution in [0.1, 0.15) is 5.56 Å². The van der Waals surface area contributed by atoms with Crippen molar-refractivity contribution in [2.24, 2.45) is 0 Å². The molecule has 0 aliphatic rings. The molecule has 5 nitrogen and oxygen atoms in total. The van der Waals surface area contributed by atoms with Crippen LogP contribution in [0, 0.1) is 5.41 Å². The van der Waals surface area contributed by atoms with Gasteiger partial charge in [0.1, 0.15) is 6.29 Å². The second-order valence-corrected chi connectivity index (χ2v) is 4.77. The van der Waals surface area contributed by atoms with Gasteiger partial charge in [0.25, 0.3) is 0 Å². The third-order valence-electron chi connectivity index (χ3n) is 3.23. The first-order chi connectivity index (χ1) is 11.2. The van der Waals surface area contributed by atoms with E-state index < -0.39 is 0 Å². The van der Waals surface area contributed by atoms with Crippen molar-refractivity contribution in [3.63, 3.8) is 0 Å². The van der Waals surface area contributed by atoms with E-state index in [1.54, 1.807) is 6.07 Å². The molecular formula is C18H17N3O2. The molecule has 5 heteroatoms. The van der Waals surface area contributed by atoms with Crippen LogP contribution in [0.4, 0.5) is 11.4 Å². The van der Waals surface area contributed by atoms with Crippen molar-refractivity contribution in [3.05, 3.63) is 60.7 Å². The van der Waals surface area contributed by atoms with Crippen molar-refractivity contribution in [1.82, 2.24) is 0 Å². The van der Waals surface area contributed by atoms with Gasteiger partial charge in [0.15, 0.2) is 0 Å². The van der Waals surface area contributed by atoms with Crippen LogP contribution in [0.25, 0.3) is 11.1 Å². The molecule has 3 N–H and O–H groups in total. The molecule has 0 spiro atoms. The highest BCUT2D eigenvalue weighted by Crippen LogP contribution is 2.27. The van der Waals surface area contributed by atoms with Crippen LogP contribution in [-0.2, 0) is 9.59 Å². The quantitative estimate of drug-likeness (QED) is 0.417. The maximum atomic E-state index is 11.4. The summed E-state index contributed by atoms with van der Waals surface area (Å²) >= 11 is 0. The zero-order chi connectivity index (χ0) is 16.7. The SMILES string of the molecule is C=CC(=O)Nc1cccc(-c2ccc(C=N)c(NCC=O)c2)c1. The Morgan fingerprint density at radius 2 is 1.96 bits per heavy atom. The van der Waals surface area contributed by atoms with Crippen LogP contribution in [-0.4, -0.2) is 25.0 Å². The molecule has 0 heterocycles. The fraction of sp³-hybridized carbons (Fsp3) is 0.0556. The average Bonchev–Trinajstić information content (AvgIpc) is 2.59. The molecule has 1 amide bonds. The summed E-state index contributed by atoms with van der Waals surface area (Å²) in [6.45, 7) is 3.61. The molecule has 0 aliphatic heterocycles. The molecule has 0 unspecified atom stereocenters. The number of benzene rings is 2. The van der Waals surface area contributed by atoms with Gasteiger partial charge in [-0.25, -0.2) is 0 Å². The van der Waals surface area contributed by atoms with Gasteiger partial charge in [0, 0.05) is 23.2 Å². The van der Waals surface area contributed by atoms with Crippen molar-refractivity contribution in [2.45, 2.75) is 0 Å². The summed E-state index contributed by atoms with van der Waals surface area (Å²) in [5.74, 6) is -0.269. The van der Waals surface area contributed by atoms with E-state index in [0.29, 0.717) is 16.9 Å². The molecule has 0 aliphatic carbocycles. The first-order valence-corrected chi connectivity index (χ1v) is 7.04. The Balaban J connectivity index is 2.35. The van der Waals surface area contributed by atoms with Gasteiger partial charge in [0.2, 0.25) is 5.91 Å². The molecule has 0 fully saturated rings. The van der Waals surface area contributed by atoms with Gasteiger partial charge in [0.05, 0.1) is 6.54 Å². The highest BCUT2D eigenvalue weighted by atomic mass is 16.1. The van der Waals surface area contributed by atoms with E-state index in [0.717, 1.165) is 17.4 Å². The fourth-order valence-electron chi connectivity index (χ4n) is 2.14. The van der Waals surface area contributed by atoms with Crippen molar-refractivity contribution >= 4 is 29.8 Å². The van der Waals surface area contributed by atoms with Gasteiger partial charge in [-0.2, -0.15) is 0 Å². The predicted octanol–water partition coefficient (Wildman–Crippen LogP) is 3.09. The average molecular weight is 307 g/mol. The molecule has 2 aromatic rings. The summed E-state index contributed by atoms with van der Waals surface area (Å²) in [7, 11) is 0. The van der Waals surface area contributed by atoms with Crippen molar-refractivity contribution < 1.29 is 9.59 Å². The first-order valence-electron chi connectivity index (χ1n) is 7.04. The number of nitrogens with one attached hydrogen (secondary N) is 3. The lowest BCUT2D eigenvalue weighted by molar-refractivity contribution is -0.112. The monoisotopic (exact) mass is 307 g/mol. The second-order valence-electron chi connectivity index (χ2n) is 4.77. The van der Waals surface area contributed by atoms with Crippen molar-refractivity contribution in [1.29, 1.82) is 5.41 Å². The number of aldehydes is 1. The Morgan fingerprint density at radius 3 is 2.65 bits per heavy atom. The summed E-state index contributed by atoms with van der Waals surface area (Å²) in [6, 6.07) is 13.0. The summed E-state index contributed by atoms with van der Waals surface area (Å²) in [6.07, 6.45) is 3.22. The van der Waals surface area contributed by atoms with Gasteiger partial charge >= 0.3 is 0 Å². The molecule has 0 radical (unpaired) electrons. The highest BCUT2D eigenvalue weighted by molar-refractivity contribution is 5.99. The molecule has 0 saturated heterocycles. The van der Waals surface area contributed by atoms with E-state index in [9.17, 15) is 9.59 Å². The number of carbonyl (C=O) groups excluding carboxylic acids is 2. The molecule has 0 atom stereocenters. The van der Waals surface area contributed by atoms with Crippen LogP contribution < -0.4 is 10.6 Å². The zero-order valence-corrected chi connectivity index (χ0v) is 12.5. The van der Waals surface area contributed by atoms with Gasteiger partial charge in [-0.1, -0.05) is 30.8 Å². The number of hydrogen-bond donors (Lipinski definition) is 3. The number of carbonyl (C=O) groups is 2. The van der Waals surface area contributed by atoms with E-state index in [1.807, 2.05) is 36.4 Å². The van der Waals surface area contributed by atoms with Gasteiger partial charge in [-0.3, -0.25) is 4.79 Å². The van der Waals surface area contributed by atoms with Crippen LogP contribution >= 0.6 is 0 Å². The molecule has 0 aromatic heterocycles. The van der Waals surface area contributed by atoms with Crippen molar-refractivity contribution in [2.75, 3.05) is 17.2 Å². The Bertz CT molecular complexity index is 754. The number of hydrogen-bond acceptors (Lipinski definition) is 4. The summed E-state index contributed by atoms with van der Waals surface area (Å²) in [5.41, 5.74) is 3.92. The van der Waals surface area contributed by atoms with E-state index in [2.05, 4.69) is 17.2 Å². The molecule has 23 heavy (non-hydrogen) atoms. The molecule has 0 saturated carbocycles. The molecule has 116 valence electrons. The largest absolute Gasteiger partial charge is 0.378 e. The summed E-state index contributed by atoms with van der Waals surface area (Å²) < 4.78 is 0. The third kappa shape index (κ3) is 4.14. The smallest absolute Gasteiger partial charge is 0.247 e. The summed E-state index contributed by atoms with van der Waals surface area (Å²) in [4.78, 5) is 21.9. The minimum atomic E-state index is -0.269. The Kier molecular flexibility index (Phi) is 5.41. The first kappa shape index (κ1) is 16.2. The van der Waals surface area contributed by atoms with Crippen LogP contribution in [0.15, 0.2) is 55.1 Å². The Labute approximate surface area is 134 Å². The van der Waals surface area contributed by atoms with E-state index in [1.165, 1.54) is 12.3 Å². The standard InChI is InChI=1S/C18H17N3O2/c1-2-18(23)21-16-5-3-4-13(10-16)14-6-7-15(12-19)17(11-14)20-8-9-22/h2-7,9-12,19-20H,1,8H2,(H,21,23). The normalized spacial score (nSPS) is 9.74. The number of amides is 1. The van der Waals surface area contributed by atoms with Gasteiger partial charge in [-0.05, 0) is 35.4 Å². The summed E-state index contributed by atoms with van der Waals surface area (Å²) in [5, 5.41) is 13.1. The molecule has 2 rings (SSSR count). The van der Waals surface area contributed by atoms with Crippen LogP contribution in [0.5, 0.6) is 0 Å². The highest BCUT2D eigenvalue weighted by Gasteiger charge is 2.05. The molecule has 2 aromatic carbocycles. The van der Waals surface area contributed by atoms with Gasteiger partial charge < -0.3 is 20.8 Å². The molecular weight excluding hydrogens is 290 g/mol. The predicted molar refractivity (Wildman–Crippen MR) is 93.1 cm³/mol. The lowest BCUT2D eigenvalue weighted by Gasteiger charge is -2.11. The maximum Gasteiger partial charge on any atom is 0.247 e. The van der Waals surface area contributed by atoms with E-state index in [-0.39, 0.29) is 12.5 Å². The van der Waals surface area contributed by atoms with Gasteiger partial charge in [-0.15, -0.1) is 0 Å². The second kappa shape index (κ2) is 7.70. The minimum Gasteiger partial charge on any atom is -0.378 e. The lowest BCUT2D eigenvalue weighted by atomic mass is 10.0. The number of rotatable bonds is 7. The minimum absolute atomic E-state index is 0.180. The topological polar surface area (TPSA) is 82.1 Å². The maximum absolute atomic E-state index is 11.4. The van der Waals surface area contributed by atoms with Crippen molar-refractivity contribution in [3.8, 4) is 11.1 Å².